The highest BCUT2D eigenvalue weighted by molar-refractivity contribution is 9.10. The minimum Gasteiger partial charge on any atom is -0.353 e. The lowest BCUT2D eigenvalue weighted by molar-refractivity contribution is 0.494. The number of rotatable bonds is 2. The topological polar surface area (TPSA) is 46.8 Å². The molecule has 2 aromatic rings. The van der Waals surface area contributed by atoms with E-state index in [-0.39, 0.29) is 0 Å². The zero-order chi connectivity index (χ0) is 12.5. The molecule has 1 saturated heterocycles. The molecular weight excluding hydrogens is 294 g/mol. The van der Waals surface area contributed by atoms with Gasteiger partial charge in [-0.25, -0.2) is 4.98 Å². The highest BCUT2D eigenvalue weighted by Crippen LogP contribution is 2.25. The van der Waals surface area contributed by atoms with Gasteiger partial charge in [0.1, 0.15) is 5.82 Å². The van der Waals surface area contributed by atoms with Gasteiger partial charge in [-0.3, -0.25) is 9.67 Å². The van der Waals surface area contributed by atoms with Gasteiger partial charge in [0.05, 0.1) is 34.8 Å². The molecule has 1 fully saturated rings. The fraction of sp³-hybridized carbons (Fsp3) is 0.417. The van der Waals surface area contributed by atoms with Crippen LogP contribution in [0.5, 0.6) is 0 Å². The second-order valence-corrected chi connectivity index (χ2v) is 5.46. The molecule has 1 atom stereocenters. The molecule has 1 aliphatic rings. The fourth-order valence-corrected chi connectivity index (χ4v) is 2.53. The summed E-state index contributed by atoms with van der Waals surface area (Å²) >= 11 is 3.43. The Balaban J connectivity index is 1.73. The summed E-state index contributed by atoms with van der Waals surface area (Å²) in [6, 6.07) is 0.416. The average Bonchev–Trinajstić information content (AvgIpc) is 2.98. The highest BCUT2D eigenvalue weighted by Gasteiger charge is 2.25. The van der Waals surface area contributed by atoms with Crippen molar-refractivity contribution >= 4 is 21.7 Å². The molecule has 18 heavy (non-hydrogen) atoms. The zero-order valence-electron chi connectivity index (χ0n) is 10.1. The number of anilines is 1. The first-order valence-electron chi connectivity index (χ1n) is 5.95. The lowest BCUT2D eigenvalue weighted by atomic mass is 10.3. The van der Waals surface area contributed by atoms with Crippen LogP contribution >= 0.6 is 15.9 Å². The van der Waals surface area contributed by atoms with Crippen molar-refractivity contribution in [3.63, 3.8) is 0 Å². The maximum absolute atomic E-state index is 4.42. The van der Waals surface area contributed by atoms with Crippen LogP contribution in [0.2, 0.25) is 0 Å². The molecule has 0 amide bonds. The van der Waals surface area contributed by atoms with Gasteiger partial charge in [-0.2, -0.15) is 5.10 Å². The van der Waals surface area contributed by atoms with Crippen molar-refractivity contribution in [1.29, 1.82) is 0 Å². The molecule has 0 saturated carbocycles. The number of hydrogen-bond acceptors (Lipinski definition) is 4. The number of hydrogen-bond donors (Lipinski definition) is 0. The number of aryl methyl sites for hydroxylation is 1. The third-order valence-corrected chi connectivity index (χ3v) is 3.61. The average molecular weight is 308 g/mol. The Kier molecular flexibility index (Phi) is 3.03. The van der Waals surface area contributed by atoms with E-state index in [9.17, 15) is 0 Å². The Morgan fingerprint density at radius 1 is 1.28 bits per heavy atom. The molecule has 1 aliphatic heterocycles. The number of halogens is 1. The first kappa shape index (κ1) is 11.6. The van der Waals surface area contributed by atoms with Gasteiger partial charge in [-0.1, -0.05) is 0 Å². The maximum atomic E-state index is 4.42. The van der Waals surface area contributed by atoms with E-state index in [0.717, 1.165) is 35.5 Å². The summed E-state index contributed by atoms with van der Waals surface area (Å²) in [5.74, 6) is 0.953. The first-order valence-corrected chi connectivity index (χ1v) is 6.75. The molecular formula is C12H14BrN5. The van der Waals surface area contributed by atoms with E-state index >= 15 is 0 Å². The number of aromatic nitrogens is 4. The van der Waals surface area contributed by atoms with Gasteiger partial charge in [-0.05, 0) is 29.3 Å². The van der Waals surface area contributed by atoms with Crippen molar-refractivity contribution in [1.82, 2.24) is 19.7 Å². The third-order valence-electron chi connectivity index (χ3n) is 3.20. The van der Waals surface area contributed by atoms with Crippen molar-refractivity contribution in [3.8, 4) is 0 Å². The molecule has 0 N–H and O–H groups in total. The van der Waals surface area contributed by atoms with Crippen molar-refractivity contribution < 1.29 is 0 Å². The largest absolute Gasteiger partial charge is 0.353 e. The summed E-state index contributed by atoms with van der Waals surface area (Å²) in [4.78, 5) is 11.0. The predicted molar refractivity (Wildman–Crippen MR) is 72.6 cm³/mol. The molecule has 3 heterocycles. The van der Waals surface area contributed by atoms with Crippen LogP contribution in [0.25, 0.3) is 0 Å². The third kappa shape index (κ3) is 2.25. The van der Waals surface area contributed by atoms with Crippen LogP contribution in [-0.4, -0.2) is 32.8 Å². The Bertz CT molecular complexity index is 536. The van der Waals surface area contributed by atoms with Gasteiger partial charge in [-0.15, -0.1) is 0 Å². The van der Waals surface area contributed by atoms with Gasteiger partial charge in [0.2, 0.25) is 0 Å². The summed E-state index contributed by atoms with van der Waals surface area (Å²) in [5.41, 5.74) is 0.950. The summed E-state index contributed by atoms with van der Waals surface area (Å²) in [6.45, 7) is 3.89. The normalized spacial score (nSPS) is 19.4. The summed E-state index contributed by atoms with van der Waals surface area (Å²) < 4.78 is 3.04. The zero-order valence-corrected chi connectivity index (χ0v) is 11.7. The van der Waals surface area contributed by atoms with Crippen LogP contribution in [0.1, 0.15) is 18.2 Å². The van der Waals surface area contributed by atoms with Crippen LogP contribution in [0.15, 0.2) is 29.3 Å². The van der Waals surface area contributed by atoms with Gasteiger partial charge < -0.3 is 4.90 Å². The molecule has 6 heteroatoms. The van der Waals surface area contributed by atoms with E-state index in [1.165, 1.54) is 0 Å². The van der Waals surface area contributed by atoms with E-state index < -0.39 is 0 Å². The molecule has 3 rings (SSSR count). The standard InChI is InChI=1S/C12H14BrN5/c1-9-4-15-12(6-14-9)17-3-2-11(8-17)18-7-10(13)5-16-18/h4-7,11H,2-3,8H2,1H3. The Morgan fingerprint density at radius 2 is 2.17 bits per heavy atom. The maximum Gasteiger partial charge on any atom is 0.147 e. The van der Waals surface area contributed by atoms with Crippen molar-refractivity contribution in [2.75, 3.05) is 18.0 Å². The predicted octanol–water partition coefficient (Wildman–Crippen LogP) is 2.20. The minimum absolute atomic E-state index is 0.416. The van der Waals surface area contributed by atoms with Crippen LogP contribution in [0.4, 0.5) is 5.82 Å². The van der Waals surface area contributed by atoms with E-state index in [2.05, 4.69) is 35.9 Å². The van der Waals surface area contributed by atoms with E-state index in [1.54, 1.807) is 0 Å². The molecule has 0 bridgehead atoms. The van der Waals surface area contributed by atoms with Gasteiger partial charge in [0, 0.05) is 19.3 Å². The first-order chi connectivity index (χ1) is 8.72. The Labute approximate surface area is 114 Å². The van der Waals surface area contributed by atoms with E-state index in [4.69, 9.17) is 0 Å². The van der Waals surface area contributed by atoms with Crippen LogP contribution in [0.3, 0.4) is 0 Å². The quantitative estimate of drug-likeness (QED) is 0.853. The molecule has 0 aliphatic carbocycles. The fourth-order valence-electron chi connectivity index (χ4n) is 2.23. The van der Waals surface area contributed by atoms with Crippen LogP contribution < -0.4 is 4.90 Å². The van der Waals surface area contributed by atoms with Gasteiger partial charge in [0.15, 0.2) is 0 Å². The summed E-state index contributed by atoms with van der Waals surface area (Å²) in [5, 5.41) is 4.35. The summed E-state index contributed by atoms with van der Waals surface area (Å²) in [6.07, 6.45) is 8.59. The van der Waals surface area contributed by atoms with Crippen molar-refractivity contribution in [3.05, 3.63) is 35.0 Å². The van der Waals surface area contributed by atoms with E-state index in [0.29, 0.717) is 6.04 Å². The summed E-state index contributed by atoms with van der Waals surface area (Å²) in [7, 11) is 0. The van der Waals surface area contributed by atoms with Crippen LogP contribution in [0, 0.1) is 6.92 Å². The SMILES string of the molecule is Cc1cnc(N2CCC(n3cc(Br)cn3)C2)cn1. The molecule has 0 aromatic carbocycles. The van der Waals surface area contributed by atoms with Gasteiger partial charge in [0.25, 0.3) is 0 Å². The second-order valence-electron chi connectivity index (χ2n) is 4.54. The second kappa shape index (κ2) is 4.68. The molecule has 2 aromatic heterocycles. The van der Waals surface area contributed by atoms with Crippen molar-refractivity contribution in [2.45, 2.75) is 19.4 Å². The lowest BCUT2D eigenvalue weighted by Gasteiger charge is -2.17. The lowest BCUT2D eigenvalue weighted by Crippen LogP contribution is -2.22. The molecule has 1 unspecified atom stereocenters. The molecule has 5 nitrogen and oxygen atoms in total. The highest BCUT2D eigenvalue weighted by atomic mass is 79.9. The van der Waals surface area contributed by atoms with E-state index in [1.807, 2.05) is 36.4 Å². The van der Waals surface area contributed by atoms with Crippen molar-refractivity contribution in [2.24, 2.45) is 0 Å². The Morgan fingerprint density at radius 3 is 2.83 bits per heavy atom. The minimum atomic E-state index is 0.416. The smallest absolute Gasteiger partial charge is 0.147 e. The monoisotopic (exact) mass is 307 g/mol. The number of nitrogens with zero attached hydrogens (tertiary/aromatic N) is 5. The molecule has 0 radical (unpaired) electrons. The molecule has 0 spiro atoms. The molecule has 94 valence electrons. The Hall–Kier alpha value is -1.43. The van der Waals surface area contributed by atoms with Crippen LogP contribution in [-0.2, 0) is 0 Å². The van der Waals surface area contributed by atoms with Gasteiger partial charge >= 0.3 is 0 Å².